The first-order valence-corrected chi connectivity index (χ1v) is 5.89. The molecule has 3 nitrogen and oxygen atoms in total. The van der Waals surface area contributed by atoms with E-state index in [0.29, 0.717) is 0 Å². The van der Waals surface area contributed by atoms with E-state index in [2.05, 4.69) is 11.8 Å². The third-order valence-corrected chi connectivity index (χ3v) is 3.25. The van der Waals surface area contributed by atoms with E-state index in [9.17, 15) is 5.11 Å². The summed E-state index contributed by atoms with van der Waals surface area (Å²) in [5, 5.41) is 10.6. The highest BCUT2D eigenvalue weighted by Gasteiger charge is 2.30. The predicted molar refractivity (Wildman–Crippen MR) is 70.3 cm³/mol. The lowest BCUT2D eigenvalue weighted by molar-refractivity contribution is -0.00792. The Morgan fingerprint density at radius 3 is 2.59 bits per heavy atom. The molecule has 0 fully saturated rings. The molecule has 0 bridgehead atoms. The van der Waals surface area contributed by atoms with Crippen LogP contribution < -0.4 is 4.74 Å². The maximum Gasteiger partial charge on any atom is 0.119 e. The summed E-state index contributed by atoms with van der Waals surface area (Å²) in [5.41, 5.74) is 0.0462. The average molecular weight is 237 g/mol. The van der Waals surface area contributed by atoms with Crippen LogP contribution in [0.3, 0.4) is 0 Å². The van der Waals surface area contributed by atoms with E-state index in [1.54, 1.807) is 7.11 Å². The second-order valence-electron chi connectivity index (χ2n) is 5.04. The van der Waals surface area contributed by atoms with Crippen molar-refractivity contribution in [2.75, 3.05) is 27.7 Å². The minimum Gasteiger partial charge on any atom is -0.497 e. The van der Waals surface area contributed by atoms with E-state index in [1.165, 1.54) is 0 Å². The highest BCUT2D eigenvalue weighted by Crippen LogP contribution is 2.31. The SMILES string of the molecule is COc1cccc([C@](C)(O)[C@H](C)CN(C)C)c1. The lowest BCUT2D eigenvalue weighted by Crippen LogP contribution is -2.36. The summed E-state index contributed by atoms with van der Waals surface area (Å²) in [5.74, 6) is 0.921. The molecule has 0 amide bonds. The fourth-order valence-corrected chi connectivity index (χ4v) is 1.95. The van der Waals surface area contributed by atoms with Crippen LogP contribution in [0.4, 0.5) is 0 Å². The van der Waals surface area contributed by atoms with E-state index in [-0.39, 0.29) is 5.92 Å². The number of nitrogens with zero attached hydrogens (tertiary/aromatic N) is 1. The lowest BCUT2D eigenvalue weighted by atomic mass is 9.83. The average Bonchev–Trinajstić information content (AvgIpc) is 2.28. The maximum absolute atomic E-state index is 10.6. The van der Waals surface area contributed by atoms with Crippen molar-refractivity contribution in [2.45, 2.75) is 19.4 Å². The van der Waals surface area contributed by atoms with Crippen molar-refractivity contribution in [1.82, 2.24) is 4.90 Å². The number of benzene rings is 1. The molecule has 0 saturated carbocycles. The zero-order chi connectivity index (χ0) is 13.1. The van der Waals surface area contributed by atoms with Crippen LogP contribution in [0.15, 0.2) is 24.3 Å². The van der Waals surface area contributed by atoms with Crippen molar-refractivity contribution < 1.29 is 9.84 Å². The van der Waals surface area contributed by atoms with Gasteiger partial charge in [0.2, 0.25) is 0 Å². The van der Waals surface area contributed by atoms with E-state index in [1.807, 2.05) is 45.3 Å². The number of rotatable bonds is 5. The molecule has 0 aliphatic heterocycles. The van der Waals surface area contributed by atoms with E-state index >= 15 is 0 Å². The molecule has 0 spiro atoms. The number of ether oxygens (including phenoxy) is 1. The van der Waals surface area contributed by atoms with Gasteiger partial charge in [-0.15, -0.1) is 0 Å². The van der Waals surface area contributed by atoms with Gasteiger partial charge >= 0.3 is 0 Å². The molecule has 0 unspecified atom stereocenters. The van der Waals surface area contributed by atoms with Crippen LogP contribution in [-0.4, -0.2) is 37.8 Å². The highest BCUT2D eigenvalue weighted by atomic mass is 16.5. The fraction of sp³-hybridized carbons (Fsp3) is 0.571. The normalized spacial score (nSPS) is 16.6. The summed E-state index contributed by atoms with van der Waals surface area (Å²) >= 11 is 0. The monoisotopic (exact) mass is 237 g/mol. The van der Waals surface area contributed by atoms with Crippen molar-refractivity contribution in [3.8, 4) is 5.75 Å². The molecular formula is C14H23NO2. The third-order valence-electron chi connectivity index (χ3n) is 3.25. The number of methoxy groups -OCH3 is 1. The van der Waals surface area contributed by atoms with Gasteiger partial charge in [0.25, 0.3) is 0 Å². The highest BCUT2D eigenvalue weighted by molar-refractivity contribution is 5.32. The lowest BCUT2D eigenvalue weighted by Gasteiger charge is -2.32. The molecule has 0 aliphatic carbocycles. The van der Waals surface area contributed by atoms with Gasteiger partial charge in [-0.1, -0.05) is 19.1 Å². The van der Waals surface area contributed by atoms with Gasteiger partial charge in [0, 0.05) is 12.5 Å². The third kappa shape index (κ3) is 3.45. The minimum absolute atomic E-state index is 0.143. The Kier molecular flexibility index (Phi) is 4.54. The van der Waals surface area contributed by atoms with Crippen molar-refractivity contribution in [3.63, 3.8) is 0 Å². The number of aliphatic hydroxyl groups is 1. The number of hydrogen-bond acceptors (Lipinski definition) is 3. The number of hydrogen-bond donors (Lipinski definition) is 1. The summed E-state index contributed by atoms with van der Waals surface area (Å²) in [6, 6.07) is 7.63. The van der Waals surface area contributed by atoms with Gasteiger partial charge in [0.15, 0.2) is 0 Å². The second-order valence-corrected chi connectivity index (χ2v) is 5.04. The molecule has 17 heavy (non-hydrogen) atoms. The Labute approximate surface area is 104 Å². The van der Waals surface area contributed by atoms with Crippen LogP contribution in [-0.2, 0) is 5.60 Å². The first-order valence-electron chi connectivity index (χ1n) is 5.89. The van der Waals surface area contributed by atoms with Gasteiger partial charge in [-0.3, -0.25) is 0 Å². The van der Waals surface area contributed by atoms with E-state index < -0.39 is 5.60 Å². The van der Waals surface area contributed by atoms with Crippen LogP contribution in [0, 0.1) is 5.92 Å². The molecule has 0 aromatic heterocycles. The molecule has 0 radical (unpaired) electrons. The first-order chi connectivity index (χ1) is 7.87. The quantitative estimate of drug-likeness (QED) is 0.851. The zero-order valence-corrected chi connectivity index (χ0v) is 11.4. The van der Waals surface area contributed by atoms with Gasteiger partial charge in [0.05, 0.1) is 12.7 Å². The summed E-state index contributed by atoms with van der Waals surface area (Å²) in [7, 11) is 5.66. The van der Waals surface area contributed by atoms with Gasteiger partial charge < -0.3 is 14.7 Å². The second kappa shape index (κ2) is 5.52. The molecule has 1 aromatic carbocycles. The smallest absolute Gasteiger partial charge is 0.119 e. The van der Waals surface area contributed by atoms with Gasteiger partial charge in [-0.2, -0.15) is 0 Å². The van der Waals surface area contributed by atoms with Gasteiger partial charge in [-0.25, -0.2) is 0 Å². The van der Waals surface area contributed by atoms with Crippen LogP contribution in [0.5, 0.6) is 5.75 Å². The predicted octanol–water partition coefficient (Wildman–Crippen LogP) is 2.10. The van der Waals surface area contributed by atoms with Gasteiger partial charge in [-0.05, 0) is 38.7 Å². The van der Waals surface area contributed by atoms with Crippen LogP contribution >= 0.6 is 0 Å². The summed E-state index contributed by atoms with van der Waals surface area (Å²) < 4.78 is 5.19. The largest absolute Gasteiger partial charge is 0.497 e. The Morgan fingerprint density at radius 2 is 2.06 bits per heavy atom. The fourth-order valence-electron chi connectivity index (χ4n) is 1.95. The molecule has 1 N–H and O–H groups in total. The zero-order valence-electron chi connectivity index (χ0n) is 11.4. The van der Waals surface area contributed by atoms with Crippen molar-refractivity contribution in [1.29, 1.82) is 0 Å². The molecule has 96 valence electrons. The molecule has 0 saturated heterocycles. The van der Waals surface area contributed by atoms with Crippen molar-refractivity contribution in [3.05, 3.63) is 29.8 Å². The summed E-state index contributed by atoms with van der Waals surface area (Å²) in [6.07, 6.45) is 0. The summed E-state index contributed by atoms with van der Waals surface area (Å²) in [4.78, 5) is 2.08. The Balaban J connectivity index is 2.94. The Hall–Kier alpha value is -1.06. The Morgan fingerprint density at radius 1 is 1.41 bits per heavy atom. The topological polar surface area (TPSA) is 32.7 Å². The molecule has 0 heterocycles. The maximum atomic E-state index is 10.6. The molecular weight excluding hydrogens is 214 g/mol. The van der Waals surface area contributed by atoms with Crippen molar-refractivity contribution in [2.24, 2.45) is 5.92 Å². The van der Waals surface area contributed by atoms with E-state index in [0.717, 1.165) is 17.9 Å². The molecule has 3 heteroatoms. The Bertz CT molecular complexity index is 361. The first kappa shape index (κ1) is 14.0. The minimum atomic E-state index is -0.848. The standard InChI is InChI=1S/C14H23NO2/c1-11(10-15(3)4)14(2,16)12-7-6-8-13(9-12)17-5/h6-9,11,16H,10H2,1-5H3/t11-,14-/m1/s1. The van der Waals surface area contributed by atoms with Crippen LogP contribution in [0.25, 0.3) is 0 Å². The molecule has 1 rings (SSSR count). The molecule has 2 atom stereocenters. The summed E-state index contributed by atoms with van der Waals surface area (Å²) in [6.45, 7) is 4.75. The van der Waals surface area contributed by atoms with Gasteiger partial charge in [0.1, 0.15) is 5.75 Å². The molecule has 1 aromatic rings. The van der Waals surface area contributed by atoms with E-state index in [4.69, 9.17) is 4.74 Å². The van der Waals surface area contributed by atoms with Crippen LogP contribution in [0.2, 0.25) is 0 Å². The van der Waals surface area contributed by atoms with Crippen LogP contribution in [0.1, 0.15) is 19.4 Å². The molecule has 0 aliphatic rings. The van der Waals surface area contributed by atoms with Crippen molar-refractivity contribution >= 4 is 0 Å².